The Morgan fingerprint density at radius 1 is 1.15 bits per heavy atom. The van der Waals surface area contributed by atoms with E-state index in [9.17, 15) is 13.2 Å². The van der Waals surface area contributed by atoms with Gasteiger partial charge in [0.15, 0.2) is 0 Å². The highest BCUT2D eigenvalue weighted by Gasteiger charge is 2.50. The van der Waals surface area contributed by atoms with E-state index in [1.54, 1.807) is 0 Å². The van der Waals surface area contributed by atoms with E-state index in [1.165, 1.54) is 6.42 Å². The minimum absolute atomic E-state index is 0.0229. The Morgan fingerprint density at radius 2 is 1.81 bits per heavy atom. The van der Waals surface area contributed by atoms with Gasteiger partial charge in [0.25, 0.3) is 5.91 Å². The van der Waals surface area contributed by atoms with Crippen molar-refractivity contribution in [1.29, 1.82) is 0 Å². The second-order valence-electron chi connectivity index (χ2n) is 9.67. The molecule has 3 rings (SSSR count). The van der Waals surface area contributed by atoms with Crippen LogP contribution in [-0.2, 0) is 16.4 Å². The van der Waals surface area contributed by atoms with Gasteiger partial charge in [-0.05, 0) is 67.1 Å². The van der Waals surface area contributed by atoms with Crippen molar-refractivity contribution < 1.29 is 13.2 Å². The van der Waals surface area contributed by atoms with Crippen molar-refractivity contribution in [3.63, 3.8) is 0 Å². The zero-order valence-electron chi connectivity index (χ0n) is 16.7. The number of aryl methyl sites for hydroxylation is 1. The number of sulfonamides is 1. The normalized spacial score (nSPS) is 27.0. The molecule has 6 heteroatoms. The number of hydrogen-bond acceptors (Lipinski definition) is 3. The van der Waals surface area contributed by atoms with Crippen molar-refractivity contribution in [3.8, 4) is 0 Å². The van der Waals surface area contributed by atoms with Crippen LogP contribution in [0.4, 0.5) is 0 Å². The second-order valence-corrected chi connectivity index (χ2v) is 11.4. The summed E-state index contributed by atoms with van der Waals surface area (Å²) >= 11 is 0. The number of unbranched alkanes of at least 4 members (excludes halogenated alkanes) is 1. The minimum atomic E-state index is -3.38. The molecular formula is C21H32N2O3S. The third-order valence-corrected chi connectivity index (χ3v) is 6.88. The van der Waals surface area contributed by atoms with Crippen LogP contribution in [0.5, 0.6) is 0 Å². The van der Waals surface area contributed by atoms with E-state index in [-0.39, 0.29) is 17.1 Å². The summed E-state index contributed by atoms with van der Waals surface area (Å²) in [6, 6.07) is 8.14. The van der Waals surface area contributed by atoms with Crippen LogP contribution in [0.3, 0.4) is 0 Å². The Labute approximate surface area is 163 Å². The number of primary sulfonamides is 1. The van der Waals surface area contributed by atoms with Crippen LogP contribution >= 0.6 is 0 Å². The second kappa shape index (κ2) is 7.21. The molecule has 1 heterocycles. The molecule has 1 saturated carbocycles. The first kappa shape index (κ1) is 20.3. The molecule has 0 aromatic heterocycles. The number of fused-ring (bicyclic) bond motifs is 2. The summed E-state index contributed by atoms with van der Waals surface area (Å²) < 4.78 is 21.9. The van der Waals surface area contributed by atoms with Crippen LogP contribution in [0, 0.1) is 10.8 Å². The lowest BCUT2D eigenvalue weighted by Gasteiger charge is -2.39. The molecule has 2 bridgehead atoms. The molecule has 1 saturated heterocycles. The molecule has 2 unspecified atom stereocenters. The van der Waals surface area contributed by atoms with Gasteiger partial charge in [0.2, 0.25) is 10.0 Å². The maximum atomic E-state index is 13.1. The molecule has 1 aromatic rings. The van der Waals surface area contributed by atoms with Crippen LogP contribution in [0.2, 0.25) is 0 Å². The lowest BCUT2D eigenvalue weighted by atomic mass is 9.65. The first-order chi connectivity index (χ1) is 12.5. The van der Waals surface area contributed by atoms with E-state index >= 15 is 0 Å². The molecular weight excluding hydrogens is 360 g/mol. The van der Waals surface area contributed by atoms with Gasteiger partial charge in [-0.1, -0.05) is 32.9 Å². The van der Waals surface area contributed by atoms with E-state index in [0.29, 0.717) is 17.9 Å². The van der Waals surface area contributed by atoms with Crippen LogP contribution in [-0.4, -0.2) is 37.6 Å². The Morgan fingerprint density at radius 3 is 2.44 bits per heavy atom. The number of nitrogens with zero attached hydrogens (tertiary/aromatic N) is 1. The van der Waals surface area contributed by atoms with Gasteiger partial charge in [-0.15, -0.1) is 0 Å². The lowest BCUT2D eigenvalue weighted by Crippen LogP contribution is -2.37. The highest BCUT2D eigenvalue weighted by atomic mass is 32.2. The number of nitrogens with two attached hydrogens (primary N) is 1. The summed E-state index contributed by atoms with van der Waals surface area (Å²) in [5, 5.41) is 5.02. The molecule has 2 aliphatic rings. The van der Waals surface area contributed by atoms with Crippen molar-refractivity contribution in [1.82, 2.24) is 4.90 Å². The molecule has 0 radical (unpaired) electrons. The number of benzene rings is 1. The van der Waals surface area contributed by atoms with E-state index < -0.39 is 10.0 Å². The number of carbonyl (C=O) groups excluding carboxylic acids is 1. The number of amides is 1. The van der Waals surface area contributed by atoms with Gasteiger partial charge < -0.3 is 4.90 Å². The van der Waals surface area contributed by atoms with Crippen molar-refractivity contribution in [2.24, 2.45) is 16.0 Å². The van der Waals surface area contributed by atoms with Crippen LogP contribution in [0.1, 0.15) is 68.8 Å². The molecule has 27 heavy (non-hydrogen) atoms. The van der Waals surface area contributed by atoms with E-state index in [0.717, 1.165) is 43.4 Å². The first-order valence-corrected chi connectivity index (χ1v) is 11.6. The predicted molar refractivity (Wildman–Crippen MR) is 108 cm³/mol. The maximum absolute atomic E-state index is 13.1. The van der Waals surface area contributed by atoms with Gasteiger partial charge in [0.1, 0.15) is 0 Å². The van der Waals surface area contributed by atoms with Crippen LogP contribution in [0.25, 0.3) is 0 Å². The first-order valence-electron chi connectivity index (χ1n) is 9.87. The molecule has 1 aromatic carbocycles. The average Bonchev–Trinajstić information content (AvgIpc) is 2.79. The van der Waals surface area contributed by atoms with Gasteiger partial charge >= 0.3 is 0 Å². The summed E-state index contributed by atoms with van der Waals surface area (Å²) in [5.74, 6) is 0.164. The van der Waals surface area contributed by atoms with Gasteiger partial charge in [0, 0.05) is 18.2 Å². The molecule has 1 aliphatic carbocycles. The maximum Gasteiger partial charge on any atom is 0.254 e. The van der Waals surface area contributed by atoms with E-state index in [2.05, 4.69) is 25.7 Å². The third-order valence-electron chi connectivity index (χ3n) is 6.02. The smallest absolute Gasteiger partial charge is 0.254 e. The fourth-order valence-corrected chi connectivity index (χ4v) is 5.92. The number of hydrogen-bond donors (Lipinski definition) is 1. The van der Waals surface area contributed by atoms with Crippen molar-refractivity contribution >= 4 is 15.9 Å². The quantitative estimate of drug-likeness (QED) is 0.754. The van der Waals surface area contributed by atoms with Gasteiger partial charge in [0.05, 0.1) is 5.75 Å². The van der Waals surface area contributed by atoms with Gasteiger partial charge in [-0.25, -0.2) is 13.6 Å². The van der Waals surface area contributed by atoms with E-state index in [1.807, 2.05) is 24.3 Å². The standard InChI is InChI=1S/C21H32N2O3S/c1-20(2)12-18-13-21(3,14-20)15-23(18)19(24)17-9-7-16(8-10-17)6-4-5-11-27(22,25)26/h7-10,18H,4-6,11-15H2,1-3H3,(H2,22,25,26). The number of carbonyl (C=O) groups is 1. The van der Waals surface area contributed by atoms with Crippen LogP contribution < -0.4 is 5.14 Å². The molecule has 5 nitrogen and oxygen atoms in total. The Bertz CT molecular complexity index is 801. The monoisotopic (exact) mass is 392 g/mol. The van der Waals surface area contributed by atoms with E-state index in [4.69, 9.17) is 5.14 Å². The fraction of sp³-hybridized carbons (Fsp3) is 0.667. The average molecular weight is 393 g/mol. The molecule has 1 aliphatic heterocycles. The Hall–Kier alpha value is -1.40. The Kier molecular flexibility index (Phi) is 5.43. The molecule has 0 spiro atoms. The number of likely N-dealkylation sites (tertiary alicyclic amines) is 1. The summed E-state index contributed by atoms with van der Waals surface area (Å²) in [6.45, 7) is 7.81. The summed E-state index contributed by atoms with van der Waals surface area (Å²) in [6.07, 6.45) is 5.50. The molecule has 1 amide bonds. The van der Waals surface area contributed by atoms with Crippen molar-refractivity contribution in [3.05, 3.63) is 35.4 Å². The fourth-order valence-electron chi connectivity index (χ4n) is 5.31. The predicted octanol–water partition coefficient (Wildman–Crippen LogP) is 3.34. The largest absolute Gasteiger partial charge is 0.335 e. The summed E-state index contributed by atoms with van der Waals surface area (Å²) in [7, 11) is -3.38. The molecule has 2 atom stereocenters. The number of rotatable bonds is 6. The van der Waals surface area contributed by atoms with Gasteiger partial charge in [-0.2, -0.15) is 0 Å². The molecule has 2 fully saturated rings. The zero-order chi connectivity index (χ0) is 19.9. The minimum Gasteiger partial charge on any atom is -0.335 e. The SMILES string of the molecule is CC1(C)CC2CC(C)(CN2C(=O)c2ccc(CCCCS(N)(=O)=O)cc2)C1. The summed E-state index contributed by atoms with van der Waals surface area (Å²) in [4.78, 5) is 15.2. The lowest BCUT2D eigenvalue weighted by molar-refractivity contribution is 0.0708. The highest BCUT2D eigenvalue weighted by molar-refractivity contribution is 7.89. The zero-order valence-corrected chi connectivity index (χ0v) is 17.5. The summed E-state index contributed by atoms with van der Waals surface area (Å²) in [5.41, 5.74) is 2.41. The topological polar surface area (TPSA) is 80.5 Å². The van der Waals surface area contributed by atoms with Crippen LogP contribution in [0.15, 0.2) is 24.3 Å². The van der Waals surface area contributed by atoms with Crippen molar-refractivity contribution in [2.45, 2.75) is 65.3 Å². The van der Waals surface area contributed by atoms with Crippen molar-refractivity contribution in [2.75, 3.05) is 12.3 Å². The third kappa shape index (κ3) is 5.11. The Balaban J connectivity index is 1.60. The molecule has 150 valence electrons. The highest BCUT2D eigenvalue weighted by Crippen LogP contribution is 2.52. The molecule has 2 N–H and O–H groups in total. The van der Waals surface area contributed by atoms with Gasteiger partial charge in [-0.3, -0.25) is 4.79 Å².